The van der Waals surface area contributed by atoms with E-state index >= 15 is 0 Å². The van der Waals surface area contributed by atoms with Crippen LogP contribution in [0.25, 0.3) is 11.0 Å². The van der Waals surface area contributed by atoms with Crippen LogP contribution < -0.4 is 16.4 Å². The minimum Gasteiger partial charge on any atom is -0.370 e. The van der Waals surface area contributed by atoms with Crippen molar-refractivity contribution in [3.63, 3.8) is 0 Å². The highest BCUT2D eigenvalue weighted by Crippen LogP contribution is 2.19. The molecule has 2 aromatic rings. The molecule has 1 unspecified atom stereocenters. The molecule has 1 aliphatic heterocycles. The number of fused-ring (bicyclic) bond motifs is 1. The Kier molecular flexibility index (Phi) is 6.05. The fraction of sp³-hybridized carbons (Fsp3) is 0.588. The van der Waals surface area contributed by atoms with Gasteiger partial charge < -0.3 is 21.3 Å². The smallest absolute Gasteiger partial charge is 0.217 e. The lowest BCUT2D eigenvalue weighted by molar-refractivity contribution is -0.119. The lowest BCUT2D eigenvalue weighted by atomic mass is 9.95. The number of hydrogen-bond donors (Lipinski definition) is 3. The number of aryl methyl sites for hydroxylation is 1. The Labute approximate surface area is 158 Å². The number of nitrogens with one attached hydrogen (secondary N) is 2. The molecule has 1 aliphatic rings. The molecule has 0 bridgehead atoms. The Bertz CT molecular complexity index is 816. The summed E-state index contributed by atoms with van der Waals surface area (Å²) in [6.07, 6.45) is 5.80. The molecule has 0 spiro atoms. The van der Waals surface area contributed by atoms with Gasteiger partial charge in [0.05, 0.1) is 11.6 Å². The van der Waals surface area contributed by atoms with Crippen LogP contribution in [0.15, 0.2) is 17.5 Å². The van der Waals surface area contributed by atoms with Gasteiger partial charge >= 0.3 is 0 Å². The van der Waals surface area contributed by atoms with Crippen LogP contribution in [0.4, 0.5) is 5.82 Å². The predicted molar refractivity (Wildman–Crippen MR) is 104 cm³/mol. The molecule has 0 aliphatic carbocycles. The van der Waals surface area contributed by atoms with Gasteiger partial charge in [-0.3, -0.25) is 14.5 Å². The molecule has 0 aromatic carbocycles. The van der Waals surface area contributed by atoms with Crippen molar-refractivity contribution in [3.8, 4) is 0 Å². The third-order valence-corrected chi connectivity index (χ3v) is 4.75. The third-order valence-electron chi connectivity index (χ3n) is 4.75. The van der Waals surface area contributed by atoms with Gasteiger partial charge in [-0.05, 0) is 18.8 Å². The first-order valence-corrected chi connectivity index (χ1v) is 9.19. The number of likely N-dealkylation sites (tertiary alicyclic amines) is 1. The van der Waals surface area contributed by atoms with Crippen molar-refractivity contribution in [1.29, 1.82) is 0 Å². The van der Waals surface area contributed by atoms with E-state index in [1.165, 1.54) is 6.33 Å². The highest BCUT2D eigenvalue weighted by molar-refractivity contribution is 5.86. The number of primary amides is 1. The molecule has 10 nitrogen and oxygen atoms in total. The van der Waals surface area contributed by atoms with E-state index in [0.717, 1.165) is 48.7 Å². The summed E-state index contributed by atoms with van der Waals surface area (Å²) in [4.78, 5) is 26.3. The van der Waals surface area contributed by atoms with E-state index in [-0.39, 0.29) is 5.91 Å². The van der Waals surface area contributed by atoms with E-state index in [0.29, 0.717) is 25.4 Å². The van der Waals surface area contributed by atoms with Crippen LogP contribution >= 0.6 is 0 Å². The number of nitrogens with two attached hydrogens (primary N) is 1. The van der Waals surface area contributed by atoms with E-state index in [4.69, 9.17) is 5.73 Å². The molecule has 2 aromatic heterocycles. The molecule has 0 saturated carbocycles. The van der Waals surface area contributed by atoms with Crippen LogP contribution in [-0.2, 0) is 11.8 Å². The fourth-order valence-corrected chi connectivity index (χ4v) is 3.50. The van der Waals surface area contributed by atoms with Crippen molar-refractivity contribution < 1.29 is 4.79 Å². The largest absolute Gasteiger partial charge is 0.370 e. The Hall–Kier alpha value is -2.91. The molecule has 1 saturated heterocycles. The van der Waals surface area contributed by atoms with Gasteiger partial charge in [-0.1, -0.05) is 0 Å². The molecule has 146 valence electrons. The third kappa shape index (κ3) is 4.63. The number of carbonyl (C=O) groups is 1. The Morgan fingerprint density at radius 2 is 2.26 bits per heavy atom. The quantitative estimate of drug-likeness (QED) is 0.368. The number of nitrogens with zero attached hydrogens (tertiary/aromatic N) is 6. The van der Waals surface area contributed by atoms with Crippen molar-refractivity contribution in [2.45, 2.75) is 19.3 Å². The monoisotopic (exact) mass is 373 g/mol. The van der Waals surface area contributed by atoms with Crippen LogP contribution in [0, 0.1) is 5.92 Å². The first-order chi connectivity index (χ1) is 13.1. The second kappa shape index (κ2) is 8.65. The summed E-state index contributed by atoms with van der Waals surface area (Å²) in [5, 5.41) is 11.8. The SMILES string of the molecule is CN=C(NCCNc1ncnc2c1cnn2C)N1CCCC(CC(N)=O)C1. The molecule has 4 N–H and O–H groups in total. The van der Waals surface area contributed by atoms with E-state index in [2.05, 4.69) is 35.6 Å². The summed E-state index contributed by atoms with van der Waals surface area (Å²) in [6, 6.07) is 0. The Morgan fingerprint density at radius 1 is 1.41 bits per heavy atom. The summed E-state index contributed by atoms with van der Waals surface area (Å²) in [5.41, 5.74) is 6.14. The van der Waals surface area contributed by atoms with Crippen LogP contribution in [0.1, 0.15) is 19.3 Å². The number of aromatic nitrogens is 4. The minimum absolute atomic E-state index is 0.236. The Morgan fingerprint density at radius 3 is 3.04 bits per heavy atom. The van der Waals surface area contributed by atoms with E-state index < -0.39 is 0 Å². The van der Waals surface area contributed by atoms with E-state index in [1.807, 2.05) is 7.05 Å². The van der Waals surface area contributed by atoms with Gasteiger partial charge in [0.25, 0.3) is 0 Å². The molecule has 3 rings (SSSR count). The maximum atomic E-state index is 11.2. The van der Waals surface area contributed by atoms with Gasteiger partial charge in [0.2, 0.25) is 5.91 Å². The standard InChI is InChI=1S/C17H27N9O/c1-19-17(26-7-3-4-12(10-26)8-14(18)27)21-6-5-20-15-13-9-24-25(2)16(13)23-11-22-15/h9,11-12H,3-8,10H2,1-2H3,(H2,18,27)(H,19,21)(H,20,22,23). The number of amides is 1. The van der Waals surface area contributed by atoms with Crippen LogP contribution in [0.3, 0.4) is 0 Å². The van der Waals surface area contributed by atoms with Gasteiger partial charge in [0, 0.05) is 46.7 Å². The average Bonchev–Trinajstić information content (AvgIpc) is 3.03. The highest BCUT2D eigenvalue weighted by Gasteiger charge is 2.23. The van der Waals surface area contributed by atoms with Crippen LogP contribution in [0.2, 0.25) is 0 Å². The topological polar surface area (TPSA) is 126 Å². The van der Waals surface area contributed by atoms with Gasteiger partial charge in [0.15, 0.2) is 11.6 Å². The number of hydrogen-bond acceptors (Lipinski definition) is 6. The normalized spacial score (nSPS) is 17.9. The number of anilines is 1. The molecule has 10 heteroatoms. The van der Waals surface area contributed by atoms with Crippen LogP contribution in [-0.4, -0.2) is 69.7 Å². The first kappa shape index (κ1) is 18.9. The van der Waals surface area contributed by atoms with Gasteiger partial charge in [0.1, 0.15) is 12.1 Å². The van der Waals surface area contributed by atoms with E-state index in [1.54, 1.807) is 17.9 Å². The number of guanidine groups is 1. The first-order valence-electron chi connectivity index (χ1n) is 9.19. The van der Waals surface area contributed by atoms with Crippen molar-refractivity contribution in [2.75, 3.05) is 38.5 Å². The number of carbonyl (C=O) groups excluding carboxylic acids is 1. The number of aliphatic imine (C=N–C) groups is 1. The number of piperidine rings is 1. The van der Waals surface area contributed by atoms with Gasteiger partial charge in [-0.25, -0.2) is 9.97 Å². The lowest BCUT2D eigenvalue weighted by Gasteiger charge is -2.34. The van der Waals surface area contributed by atoms with E-state index in [9.17, 15) is 4.79 Å². The van der Waals surface area contributed by atoms with Gasteiger partial charge in [-0.2, -0.15) is 5.10 Å². The second-order valence-electron chi connectivity index (χ2n) is 6.75. The van der Waals surface area contributed by atoms with Crippen molar-refractivity contribution in [3.05, 3.63) is 12.5 Å². The maximum absolute atomic E-state index is 11.2. The zero-order valence-corrected chi connectivity index (χ0v) is 15.9. The molecule has 0 radical (unpaired) electrons. The molecule has 1 atom stereocenters. The average molecular weight is 373 g/mol. The predicted octanol–water partition coefficient (Wildman–Crippen LogP) is -0.0620. The molecule has 1 amide bonds. The molecular weight excluding hydrogens is 346 g/mol. The zero-order chi connectivity index (χ0) is 19.2. The van der Waals surface area contributed by atoms with Crippen molar-refractivity contribution >= 4 is 28.7 Å². The zero-order valence-electron chi connectivity index (χ0n) is 15.9. The molecule has 27 heavy (non-hydrogen) atoms. The van der Waals surface area contributed by atoms with Gasteiger partial charge in [-0.15, -0.1) is 0 Å². The summed E-state index contributed by atoms with van der Waals surface area (Å²) < 4.78 is 1.72. The van der Waals surface area contributed by atoms with Crippen molar-refractivity contribution in [1.82, 2.24) is 30.0 Å². The molecule has 3 heterocycles. The maximum Gasteiger partial charge on any atom is 0.217 e. The lowest BCUT2D eigenvalue weighted by Crippen LogP contribution is -2.48. The van der Waals surface area contributed by atoms with Crippen LogP contribution in [0.5, 0.6) is 0 Å². The Balaban J connectivity index is 1.50. The summed E-state index contributed by atoms with van der Waals surface area (Å²) in [7, 11) is 3.63. The second-order valence-corrected chi connectivity index (χ2v) is 6.75. The fourth-order valence-electron chi connectivity index (χ4n) is 3.50. The summed E-state index contributed by atoms with van der Waals surface area (Å²) >= 11 is 0. The summed E-state index contributed by atoms with van der Waals surface area (Å²) in [6.45, 7) is 3.11. The summed E-state index contributed by atoms with van der Waals surface area (Å²) in [5.74, 6) is 1.68. The minimum atomic E-state index is -0.236. The molecule has 1 fully saturated rings. The number of rotatable bonds is 6. The highest BCUT2D eigenvalue weighted by atomic mass is 16.1. The molecular formula is C17H27N9O. The van der Waals surface area contributed by atoms with Crippen molar-refractivity contribution in [2.24, 2.45) is 23.7 Å².